The van der Waals surface area contributed by atoms with Gasteiger partial charge in [-0.15, -0.1) is 0 Å². The standard InChI is InChI=1S/C25H20F3N3O3S/c26-25(27,28)20-6-3-5-17(11-20)21-8-9-22-19-10-16(14-31(22)24(21)32)13-30(15-19)35(33,34)23-7-2-1-4-18(23)12-29/h1-9,11,16,19H,10,13-15H2. The van der Waals surface area contributed by atoms with Crippen molar-refractivity contribution in [2.75, 3.05) is 13.1 Å². The summed E-state index contributed by atoms with van der Waals surface area (Å²) < 4.78 is 69.1. The molecule has 0 aliphatic carbocycles. The minimum atomic E-state index is -4.52. The van der Waals surface area contributed by atoms with Gasteiger partial charge in [0.1, 0.15) is 6.07 Å². The predicted molar refractivity (Wildman–Crippen MR) is 122 cm³/mol. The number of alkyl halides is 3. The number of nitriles is 1. The van der Waals surface area contributed by atoms with Crippen LogP contribution < -0.4 is 5.56 Å². The van der Waals surface area contributed by atoms with Gasteiger partial charge in [-0.1, -0.05) is 24.3 Å². The highest BCUT2D eigenvalue weighted by atomic mass is 32.2. The summed E-state index contributed by atoms with van der Waals surface area (Å²) in [6.45, 7) is 0.614. The average molecular weight is 500 g/mol. The van der Waals surface area contributed by atoms with Crippen LogP contribution >= 0.6 is 0 Å². The zero-order valence-corrected chi connectivity index (χ0v) is 19.2. The molecule has 10 heteroatoms. The van der Waals surface area contributed by atoms with Crippen LogP contribution in [0.4, 0.5) is 13.2 Å². The van der Waals surface area contributed by atoms with E-state index in [0.717, 1.165) is 12.1 Å². The molecular weight excluding hydrogens is 479 g/mol. The maximum atomic E-state index is 13.3. The third kappa shape index (κ3) is 4.05. The normalized spacial score (nSPS) is 20.2. The summed E-state index contributed by atoms with van der Waals surface area (Å²) in [5.41, 5.74) is -0.114. The van der Waals surface area contributed by atoms with Crippen LogP contribution in [0.25, 0.3) is 11.1 Å². The average Bonchev–Trinajstić information content (AvgIpc) is 2.84. The molecule has 0 radical (unpaired) electrons. The molecule has 2 bridgehead atoms. The van der Waals surface area contributed by atoms with Gasteiger partial charge in [-0.25, -0.2) is 8.42 Å². The van der Waals surface area contributed by atoms with Gasteiger partial charge in [-0.3, -0.25) is 4.79 Å². The second-order valence-corrected chi connectivity index (χ2v) is 10.8. The summed E-state index contributed by atoms with van der Waals surface area (Å²) in [6.07, 6.45) is -3.81. The summed E-state index contributed by atoms with van der Waals surface area (Å²) in [7, 11) is -3.91. The van der Waals surface area contributed by atoms with E-state index < -0.39 is 21.8 Å². The lowest BCUT2D eigenvalue weighted by Gasteiger charge is -2.42. The maximum Gasteiger partial charge on any atom is 0.416 e. The molecule has 0 N–H and O–H groups in total. The van der Waals surface area contributed by atoms with Gasteiger partial charge in [0, 0.05) is 36.8 Å². The van der Waals surface area contributed by atoms with Gasteiger partial charge in [0.05, 0.1) is 16.0 Å². The molecule has 1 fully saturated rings. The summed E-state index contributed by atoms with van der Waals surface area (Å²) in [5, 5.41) is 9.35. The SMILES string of the molecule is N#Cc1ccccc1S(=O)(=O)N1CC2CC(C1)c1ccc(-c3cccc(C(F)(F)F)c3)c(=O)n1C2. The second-order valence-electron chi connectivity index (χ2n) is 8.89. The Hall–Kier alpha value is -3.42. The van der Waals surface area contributed by atoms with Crippen LogP contribution in [-0.4, -0.2) is 30.4 Å². The molecule has 1 aromatic heterocycles. The fraction of sp³-hybridized carbons (Fsp3) is 0.280. The van der Waals surface area contributed by atoms with Gasteiger partial charge in [-0.2, -0.15) is 22.7 Å². The molecule has 1 saturated heterocycles. The smallest absolute Gasteiger partial charge is 0.311 e. The van der Waals surface area contributed by atoms with Crippen LogP contribution in [0.2, 0.25) is 0 Å². The molecule has 35 heavy (non-hydrogen) atoms. The highest BCUT2D eigenvalue weighted by molar-refractivity contribution is 7.89. The molecule has 2 unspecified atom stereocenters. The highest BCUT2D eigenvalue weighted by Gasteiger charge is 2.40. The molecule has 3 heterocycles. The second kappa shape index (κ2) is 8.36. The van der Waals surface area contributed by atoms with Crippen LogP contribution in [0.5, 0.6) is 0 Å². The molecule has 180 valence electrons. The Morgan fingerprint density at radius 1 is 0.971 bits per heavy atom. The van der Waals surface area contributed by atoms with E-state index in [1.165, 1.54) is 34.6 Å². The van der Waals surface area contributed by atoms with E-state index in [1.54, 1.807) is 22.8 Å². The zero-order chi connectivity index (χ0) is 25.0. The molecule has 0 spiro atoms. The minimum Gasteiger partial charge on any atom is -0.311 e. The fourth-order valence-corrected chi connectivity index (χ4v) is 6.81. The monoisotopic (exact) mass is 499 g/mol. The van der Waals surface area contributed by atoms with Crippen molar-refractivity contribution in [2.24, 2.45) is 5.92 Å². The third-order valence-corrected chi connectivity index (χ3v) is 8.59. The van der Waals surface area contributed by atoms with Crippen LogP contribution in [0, 0.1) is 17.2 Å². The first-order valence-electron chi connectivity index (χ1n) is 11.0. The number of sulfonamides is 1. The third-order valence-electron chi connectivity index (χ3n) is 6.70. The van der Waals surface area contributed by atoms with Crippen LogP contribution in [0.15, 0.2) is 70.4 Å². The summed E-state index contributed by atoms with van der Waals surface area (Å²) in [4.78, 5) is 13.3. The van der Waals surface area contributed by atoms with Crippen molar-refractivity contribution in [3.05, 3.63) is 87.8 Å². The number of rotatable bonds is 3. The van der Waals surface area contributed by atoms with Crippen molar-refractivity contribution in [3.8, 4) is 17.2 Å². The fourth-order valence-electron chi connectivity index (χ4n) is 5.10. The molecule has 2 aliphatic heterocycles. The van der Waals surface area contributed by atoms with E-state index >= 15 is 0 Å². The number of fused-ring (bicyclic) bond motifs is 4. The van der Waals surface area contributed by atoms with Crippen LogP contribution in [-0.2, 0) is 22.7 Å². The van der Waals surface area contributed by atoms with Gasteiger partial charge in [0.2, 0.25) is 10.0 Å². The number of hydrogen-bond acceptors (Lipinski definition) is 4. The molecule has 2 aromatic carbocycles. The highest BCUT2D eigenvalue weighted by Crippen LogP contribution is 2.38. The number of halogens is 3. The number of pyridine rings is 1. The molecule has 5 rings (SSSR count). The predicted octanol–water partition coefficient (Wildman–Crippen LogP) is 4.21. The van der Waals surface area contributed by atoms with E-state index in [2.05, 4.69) is 0 Å². The van der Waals surface area contributed by atoms with E-state index in [0.29, 0.717) is 12.1 Å². The Morgan fingerprint density at radius 3 is 2.49 bits per heavy atom. The molecule has 6 nitrogen and oxygen atoms in total. The molecule has 2 aliphatic rings. The molecule has 3 aromatic rings. The van der Waals surface area contributed by atoms with Crippen LogP contribution in [0.1, 0.15) is 29.2 Å². The van der Waals surface area contributed by atoms with Crippen molar-refractivity contribution < 1.29 is 21.6 Å². The molecule has 0 saturated carbocycles. The zero-order valence-electron chi connectivity index (χ0n) is 18.4. The lowest BCUT2D eigenvalue weighted by atomic mass is 9.84. The molecule has 2 atom stereocenters. The number of benzene rings is 2. The summed E-state index contributed by atoms with van der Waals surface area (Å²) in [5.74, 6) is -0.380. The Balaban J connectivity index is 1.50. The Morgan fingerprint density at radius 2 is 1.74 bits per heavy atom. The Labute approximate surface area is 199 Å². The quantitative estimate of drug-likeness (QED) is 0.541. The van der Waals surface area contributed by atoms with E-state index in [1.807, 2.05) is 6.07 Å². The number of hydrogen-bond donors (Lipinski definition) is 0. The molecule has 0 amide bonds. The van der Waals surface area contributed by atoms with Crippen molar-refractivity contribution in [3.63, 3.8) is 0 Å². The van der Waals surface area contributed by atoms with Gasteiger partial charge in [-0.05, 0) is 54.3 Å². The van der Waals surface area contributed by atoms with Crippen molar-refractivity contribution in [1.82, 2.24) is 8.87 Å². The lowest BCUT2D eigenvalue weighted by molar-refractivity contribution is -0.137. The van der Waals surface area contributed by atoms with Gasteiger partial charge in [0.15, 0.2) is 0 Å². The first-order valence-corrected chi connectivity index (χ1v) is 12.4. The topological polar surface area (TPSA) is 83.2 Å². The Kier molecular flexibility index (Phi) is 5.57. The largest absolute Gasteiger partial charge is 0.416 e. The number of aromatic nitrogens is 1. The first kappa shape index (κ1) is 23.3. The van der Waals surface area contributed by atoms with Crippen LogP contribution in [0.3, 0.4) is 0 Å². The lowest BCUT2D eigenvalue weighted by Crippen LogP contribution is -2.49. The minimum absolute atomic E-state index is 0.0419. The number of piperidine rings is 1. The van der Waals surface area contributed by atoms with Crippen molar-refractivity contribution in [2.45, 2.75) is 30.0 Å². The van der Waals surface area contributed by atoms with Gasteiger partial charge in [0.25, 0.3) is 5.56 Å². The summed E-state index contributed by atoms with van der Waals surface area (Å²) >= 11 is 0. The molecular formula is C25H20F3N3O3S. The van der Waals surface area contributed by atoms with Gasteiger partial charge >= 0.3 is 6.18 Å². The van der Waals surface area contributed by atoms with E-state index in [9.17, 15) is 31.6 Å². The Bertz CT molecular complexity index is 1520. The van der Waals surface area contributed by atoms with Gasteiger partial charge < -0.3 is 4.57 Å². The van der Waals surface area contributed by atoms with Crippen molar-refractivity contribution >= 4 is 10.0 Å². The van der Waals surface area contributed by atoms with E-state index in [4.69, 9.17) is 0 Å². The first-order chi connectivity index (χ1) is 16.6. The summed E-state index contributed by atoms with van der Waals surface area (Å²) in [6, 6.07) is 15.9. The van der Waals surface area contributed by atoms with E-state index in [-0.39, 0.29) is 58.6 Å². The van der Waals surface area contributed by atoms with Crippen molar-refractivity contribution in [1.29, 1.82) is 5.26 Å². The number of nitrogens with zero attached hydrogens (tertiary/aromatic N) is 3. The maximum absolute atomic E-state index is 13.3.